The molecule has 0 radical (unpaired) electrons. The van der Waals surface area contributed by atoms with Crippen LogP contribution < -0.4 is 10.6 Å². The maximum Gasteiger partial charge on any atom is 0.236 e. The highest BCUT2D eigenvalue weighted by atomic mass is 35.5. The minimum Gasteiger partial charge on any atom is -0.355 e. The van der Waals surface area contributed by atoms with Crippen LogP contribution in [0.25, 0.3) is 0 Å². The van der Waals surface area contributed by atoms with Crippen molar-refractivity contribution in [3.63, 3.8) is 0 Å². The topological polar surface area (TPSA) is 41.1 Å². The Balaban J connectivity index is 2.47. The van der Waals surface area contributed by atoms with Crippen LogP contribution in [0.1, 0.15) is 45.2 Å². The van der Waals surface area contributed by atoms with E-state index in [4.69, 9.17) is 11.6 Å². The van der Waals surface area contributed by atoms with E-state index >= 15 is 0 Å². The minimum absolute atomic E-state index is 0.0438. The first-order valence-corrected chi connectivity index (χ1v) is 7.21. The molecule has 106 valence electrons. The average Bonchev–Trinajstić information content (AvgIpc) is 2.38. The summed E-state index contributed by atoms with van der Waals surface area (Å²) in [5, 5.41) is 6.92. The van der Waals surface area contributed by atoms with Crippen molar-refractivity contribution in [1.82, 2.24) is 10.6 Å². The fourth-order valence-electron chi connectivity index (χ4n) is 1.86. The zero-order valence-corrected chi connectivity index (χ0v) is 12.6. The second kappa shape index (κ2) is 8.18. The van der Waals surface area contributed by atoms with Crippen LogP contribution in [0.2, 0.25) is 5.02 Å². The number of carbonyl (C=O) groups excluding carboxylic acids is 1. The Morgan fingerprint density at radius 1 is 1.37 bits per heavy atom. The van der Waals surface area contributed by atoms with Gasteiger partial charge in [0.25, 0.3) is 0 Å². The summed E-state index contributed by atoms with van der Waals surface area (Å²) < 4.78 is 0. The molecule has 1 rings (SSSR count). The van der Waals surface area contributed by atoms with Gasteiger partial charge in [-0.1, -0.05) is 37.1 Å². The average molecular weight is 283 g/mol. The predicted molar refractivity (Wildman–Crippen MR) is 80.4 cm³/mol. The van der Waals surface area contributed by atoms with Crippen molar-refractivity contribution in [1.29, 1.82) is 0 Å². The summed E-state index contributed by atoms with van der Waals surface area (Å²) in [4.78, 5) is 11.9. The van der Waals surface area contributed by atoms with Gasteiger partial charge >= 0.3 is 0 Å². The third kappa shape index (κ3) is 5.62. The molecule has 2 N–H and O–H groups in total. The molecule has 2 atom stereocenters. The van der Waals surface area contributed by atoms with Crippen molar-refractivity contribution < 1.29 is 4.79 Å². The van der Waals surface area contributed by atoms with E-state index in [0.29, 0.717) is 5.02 Å². The van der Waals surface area contributed by atoms with Crippen LogP contribution in [0, 0.1) is 0 Å². The number of hydrogen-bond donors (Lipinski definition) is 2. The molecule has 1 aromatic rings. The smallest absolute Gasteiger partial charge is 0.236 e. The Hall–Kier alpha value is -1.06. The van der Waals surface area contributed by atoms with Crippen LogP contribution in [0.3, 0.4) is 0 Å². The molecule has 0 bridgehead atoms. The van der Waals surface area contributed by atoms with E-state index in [0.717, 1.165) is 24.9 Å². The predicted octanol–water partition coefficient (Wildman–Crippen LogP) is 3.30. The summed E-state index contributed by atoms with van der Waals surface area (Å²) in [5.74, 6) is 0.0438. The molecule has 19 heavy (non-hydrogen) atoms. The highest BCUT2D eigenvalue weighted by Crippen LogP contribution is 2.17. The van der Waals surface area contributed by atoms with E-state index in [1.165, 1.54) is 0 Å². The van der Waals surface area contributed by atoms with Gasteiger partial charge in [-0.3, -0.25) is 10.1 Å². The van der Waals surface area contributed by atoms with E-state index in [1.807, 2.05) is 38.1 Å². The number of nitrogens with one attached hydrogen (secondary N) is 2. The molecule has 4 heteroatoms. The van der Waals surface area contributed by atoms with Crippen LogP contribution in [-0.2, 0) is 4.79 Å². The molecular formula is C15H23ClN2O. The normalized spacial score (nSPS) is 13.9. The molecule has 0 aliphatic carbocycles. The van der Waals surface area contributed by atoms with Crippen molar-refractivity contribution in [3.8, 4) is 0 Å². The Morgan fingerprint density at radius 3 is 2.74 bits per heavy atom. The Kier molecular flexibility index (Phi) is 6.89. The van der Waals surface area contributed by atoms with Crippen LogP contribution >= 0.6 is 11.6 Å². The third-order valence-corrected chi connectivity index (χ3v) is 3.31. The van der Waals surface area contributed by atoms with E-state index in [1.54, 1.807) is 0 Å². The lowest BCUT2D eigenvalue weighted by molar-refractivity contribution is -0.122. The second-order valence-corrected chi connectivity index (χ2v) is 5.25. The number of hydrogen-bond acceptors (Lipinski definition) is 2. The molecule has 3 nitrogen and oxygen atoms in total. The summed E-state index contributed by atoms with van der Waals surface area (Å²) in [5.41, 5.74) is 1.08. The lowest BCUT2D eigenvalue weighted by Gasteiger charge is -2.20. The molecule has 1 unspecified atom stereocenters. The SMILES string of the molecule is CCCCNC(=O)C(C)N[C@H](C)c1cccc(Cl)c1. The standard InChI is InChI=1S/C15H23ClN2O/c1-4-5-9-17-15(19)12(3)18-11(2)13-7-6-8-14(16)10-13/h6-8,10-12,18H,4-5,9H2,1-3H3,(H,17,19)/t11-,12?/m1/s1. The summed E-state index contributed by atoms with van der Waals surface area (Å²) in [6, 6.07) is 7.56. The van der Waals surface area contributed by atoms with Gasteiger partial charge in [0, 0.05) is 17.6 Å². The van der Waals surface area contributed by atoms with Crippen molar-refractivity contribution >= 4 is 17.5 Å². The Labute approximate surface area is 120 Å². The van der Waals surface area contributed by atoms with Crippen LogP contribution in [0.5, 0.6) is 0 Å². The van der Waals surface area contributed by atoms with Gasteiger partial charge in [-0.05, 0) is 38.0 Å². The van der Waals surface area contributed by atoms with Gasteiger partial charge in [0.2, 0.25) is 5.91 Å². The summed E-state index contributed by atoms with van der Waals surface area (Å²) in [6.07, 6.45) is 2.10. The van der Waals surface area contributed by atoms with Gasteiger partial charge in [-0.25, -0.2) is 0 Å². The van der Waals surface area contributed by atoms with Gasteiger partial charge in [-0.15, -0.1) is 0 Å². The van der Waals surface area contributed by atoms with Crippen LogP contribution in [0.15, 0.2) is 24.3 Å². The molecular weight excluding hydrogens is 260 g/mol. The summed E-state index contributed by atoms with van der Waals surface area (Å²) in [7, 11) is 0. The maximum absolute atomic E-state index is 11.9. The molecule has 1 amide bonds. The number of carbonyl (C=O) groups is 1. The molecule has 0 aromatic heterocycles. The molecule has 0 heterocycles. The zero-order chi connectivity index (χ0) is 14.3. The third-order valence-electron chi connectivity index (χ3n) is 3.07. The molecule has 0 saturated carbocycles. The van der Waals surface area contributed by atoms with Gasteiger partial charge in [0.05, 0.1) is 6.04 Å². The number of rotatable bonds is 7. The lowest BCUT2D eigenvalue weighted by Crippen LogP contribution is -2.43. The fraction of sp³-hybridized carbons (Fsp3) is 0.533. The van der Waals surface area contributed by atoms with E-state index < -0.39 is 0 Å². The quantitative estimate of drug-likeness (QED) is 0.754. The van der Waals surface area contributed by atoms with Crippen LogP contribution in [-0.4, -0.2) is 18.5 Å². The first-order valence-electron chi connectivity index (χ1n) is 6.83. The number of amides is 1. The highest BCUT2D eigenvalue weighted by molar-refractivity contribution is 6.30. The fourth-order valence-corrected chi connectivity index (χ4v) is 2.06. The molecule has 1 aromatic carbocycles. The lowest BCUT2D eigenvalue weighted by atomic mass is 10.1. The summed E-state index contributed by atoms with van der Waals surface area (Å²) in [6.45, 7) is 6.76. The minimum atomic E-state index is -0.217. The van der Waals surface area contributed by atoms with Gasteiger partial charge in [0.15, 0.2) is 0 Å². The second-order valence-electron chi connectivity index (χ2n) is 4.81. The Bertz CT molecular complexity index is 409. The first kappa shape index (κ1) is 16.0. The van der Waals surface area contributed by atoms with Gasteiger partial charge < -0.3 is 5.32 Å². The summed E-state index contributed by atoms with van der Waals surface area (Å²) >= 11 is 5.97. The number of benzene rings is 1. The van der Waals surface area contributed by atoms with Crippen molar-refractivity contribution in [2.75, 3.05) is 6.54 Å². The molecule has 0 aliphatic rings. The zero-order valence-electron chi connectivity index (χ0n) is 11.9. The molecule has 0 saturated heterocycles. The van der Waals surface area contributed by atoms with Crippen molar-refractivity contribution in [3.05, 3.63) is 34.9 Å². The monoisotopic (exact) mass is 282 g/mol. The van der Waals surface area contributed by atoms with E-state index in [9.17, 15) is 4.79 Å². The largest absolute Gasteiger partial charge is 0.355 e. The van der Waals surface area contributed by atoms with Gasteiger partial charge in [0.1, 0.15) is 0 Å². The van der Waals surface area contributed by atoms with Crippen molar-refractivity contribution in [2.24, 2.45) is 0 Å². The van der Waals surface area contributed by atoms with E-state index in [2.05, 4.69) is 17.6 Å². The maximum atomic E-state index is 11.9. The number of unbranched alkanes of at least 4 members (excludes halogenated alkanes) is 1. The molecule has 0 spiro atoms. The van der Waals surface area contributed by atoms with Gasteiger partial charge in [-0.2, -0.15) is 0 Å². The number of halogens is 1. The van der Waals surface area contributed by atoms with E-state index in [-0.39, 0.29) is 18.0 Å². The first-order chi connectivity index (χ1) is 9.04. The molecule has 0 fully saturated rings. The van der Waals surface area contributed by atoms with Crippen LogP contribution in [0.4, 0.5) is 0 Å². The molecule has 0 aliphatic heterocycles. The van der Waals surface area contributed by atoms with Crippen molar-refractivity contribution in [2.45, 2.75) is 45.7 Å². The Morgan fingerprint density at radius 2 is 2.11 bits per heavy atom. The highest BCUT2D eigenvalue weighted by Gasteiger charge is 2.15.